The molecule has 3 atom stereocenters. The van der Waals surface area contributed by atoms with Crippen molar-refractivity contribution in [3.8, 4) is 5.75 Å². The molecule has 0 radical (unpaired) electrons. The Morgan fingerprint density at radius 2 is 1.55 bits per heavy atom. The normalized spacial score (nSPS) is 21.7. The third-order valence-corrected chi connectivity index (χ3v) is 12.3. The Hall–Kier alpha value is -4.08. The first kappa shape index (κ1) is 28.7. The van der Waals surface area contributed by atoms with E-state index in [2.05, 4.69) is 6.07 Å². The molecule has 3 aliphatic rings. The summed E-state index contributed by atoms with van der Waals surface area (Å²) in [6.45, 7) is 0. The maximum absolute atomic E-state index is 14.8. The minimum atomic E-state index is -1.78. The largest absolute Gasteiger partial charge is 0.497 e. The van der Waals surface area contributed by atoms with Gasteiger partial charge in [-0.2, -0.15) is 0 Å². The third-order valence-electron chi connectivity index (χ3n) is 8.14. The van der Waals surface area contributed by atoms with Crippen molar-refractivity contribution in [1.29, 1.82) is 0 Å². The standard InChI is InChI=1S/C36H30O6P2/c1-39-27-15-13-23-17-26-22-43(28-9-5-3-6-10-28)35(37)31-21-32-24(14-16-34(40-2)41-32)20-33(31)42-44(29-11-7-4-8-12-29)36(38)30(26)19-25(23)18-27/h3-13,15-19,21,33H,14,20,22H2,1-2H3. The van der Waals surface area contributed by atoms with Crippen LogP contribution < -0.4 is 15.3 Å². The molecule has 6 nitrogen and oxygen atoms in total. The van der Waals surface area contributed by atoms with Crippen LogP contribution in [0.15, 0.2) is 126 Å². The van der Waals surface area contributed by atoms with E-state index in [-0.39, 0.29) is 11.0 Å². The van der Waals surface area contributed by atoms with Gasteiger partial charge in [-0.15, -0.1) is 0 Å². The molecule has 44 heavy (non-hydrogen) atoms. The molecule has 0 saturated carbocycles. The minimum Gasteiger partial charge on any atom is -0.497 e. The summed E-state index contributed by atoms with van der Waals surface area (Å²) < 4.78 is 23.8. The van der Waals surface area contributed by atoms with Crippen molar-refractivity contribution in [2.24, 2.45) is 0 Å². The highest BCUT2D eigenvalue weighted by atomic mass is 31.1. The maximum atomic E-state index is 14.8. The molecule has 0 saturated heterocycles. The smallest absolute Gasteiger partial charge is 0.280 e. The van der Waals surface area contributed by atoms with Gasteiger partial charge in [-0.25, -0.2) is 0 Å². The number of carbonyl (C=O) groups excluding carboxylic acids is 2. The molecule has 4 aromatic carbocycles. The van der Waals surface area contributed by atoms with E-state index >= 15 is 0 Å². The Balaban J connectivity index is 1.43. The molecule has 1 aliphatic carbocycles. The van der Waals surface area contributed by atoms with Crippen molar-refractivity contribution in [2.45, 2.75) is 25.1 Å². The van der Waals surface area contributed by atoms with Gasteiger partial charge in [0.2, 0.25) is 5.52 Å². The van der Waals surface area contributed by atoms with Crippen LogP contribution in [0.2, 0.25) is 0 Å². The van der Waals surface area contributed by atoms with Crippen molar-refractivity contribution < 1.29 is 28.3 Å². The van der Waals surface area contributed by atoms with Gasteiger partial charge in [0, 0.05) is 43.0 Å². The summed E-state index contributed by atoms with van der Waals surface area (Å²) in [5.41, 5.74) is 2.95. The summed E-state index contributed by atoms with van der Waals surface area (Å²) >= 11 is 0. The highest BCUT2D eigenvalue weighted by molar-refractivity contribution is 7.81. The molecule has 0 amide bonds. The number of fused-ring (bicyclic) bond motifs is 3. The Morgan fingerprint density at radius 3 is 2.27 bits per heavy atom. The van der Waals surface area contributed by atoms with E-state index in [9.17, 15) is 9.59 Å². The van der Waals surface area contributed by atoms with Crippen LogP contribution >= 0.6 is 16.1 Å². The summed E-state index contributed by atoms with van der Waals surface area (Å²) in [6.07, 6.45) is 4.63. The molecule has 8 heteroatoms. The molecule has 0 fully saturated rings. The van der Waals surface area contributed by atoms with Crippen molar-refractivity contribution in [1.82, 2.24) is 0 Å². The third kappa shape index (κ3) is 5.39. The first-order chi connectivity index (χ1) is 21.5. The summed E-state index contributed by atoms with van der Waals surface area (Å²) in [5.74, 6) is 1.76. The van der Waals surface area contributed by atoms with Crippen LogP contribution in [0, 0.1) is 0 Å². The van der Waals surface area contributed by atoms with E-state index in [1.54, 1.807) is 14.2 Å². The predicted molar refractivity (Wildman–Crippen MR) is 175 cm³/mol. The van der Waals surface area contributed by atoms with Crippen molar-refractivity contribution in [3.63, 3.8) is 0 Å². The lowest BCUT2D eigenvalue weighted by Crippen LogP contribution is -2.30. The van der Waals surface area contributed by atoms with Crippen molar-refractivity contribution >= 4 is 48.5 Å². The second-order valence-corrected chi connectivity index (χ2v) is 14.6. The number of benzene rings is 4. The SMILES string of the molecule is COC1=CCC2=C(C=C3C(=O)P(c4ccccc4)Cc4cc5ccc(OC)cc5cc4C(=O)P(c4ccccc4)OC3C2)O1. The Morgan fingerprint density at radius 1 is 0.795 bits per heavy atom. The molecule has 0 aromatic heterocycles. The second kappa shape index (κ2) is 12.1. The number of rotatable bonds is 4. The second-order valence-electron chi connectivity index (χ2n) is 10.8. The fourth-order valence-electron chi connectivity index (χ4n) is 5.85. The molecule has 0 spiro atoms. The number of carbonyl (C=O) groups is 2. The highest BCUT2D eigenvalue weighted by Crippen LogP contribution is 2.53. The zero-order chi connectivity index (χ0) is 30.2. The van der Waals surface area contributed by atoms with Gasteiger partial charge in [0.1, 0.15) is 19.7 Å². The molecule has 2 aliphatic heterocycles. The lowest BCUT2D eigenvalue weighted by molar-refractivity contribution is -0.109. The lowest BCUT2D eigenvalue weighted by Gasteiger charge is -2.34. The molecule has 2 heterocycles. The summed E-state index contributed by atoms with van der Waals surface area (Å²) in [7, 11) is 0.0168. The van der Waals surface area contributed by atoms with Gasteiger partial charge < -0.3 is 18.7 Å². The van der Waals surface area contributed by atoms with Crippen LogP contribution in [0.3, 0.4) is 0 Å². The molecule has 220 valence electrons. The first-order valence-corrected chi connectivity index (χ1v) is 17.2. The first-order valence-electron chi connectivity index (χ1n) is 14.4. The summed E-state index contributed by atoms with van der Waals surface area (Å²) in [4.78, 5) is 29.5. The molecular weight excluding hydrogens is 590 g/mol. The van der Waals surface area contributed by atoms with Gasteiger partial charge >= 0.3 is 0 Å². The minimum absolute atomic E-state index is 0.0259. The number of hydrogen-bond donors (Lipinski definition) is 0. The fraction of sp³-hybridized carbons (Fsp3) is 0.167. The summed E-state index contributed by atoms with van der Waals surface area (Å²) in [6, 6.07) is 29.4. The summed E-state index contributed by atoms with van der Waals surface area (Å²) in [5, 5.41) is 3.64. The van der Waals surface area contributed by atoms with Crippen LogP contribution in [0.1, 0.15) is 28.8 Å². The van der Waals surface area contributed by atoms with Crippen LogP contribution in [0.25, 0.3) is 10.8 Å². The van der Waals surface area contributed by atoms with Gasteiger partial charge in [-0.1, -0.05) is 72.8 Å². The number of hydrogen-bond acceptors (Lipinski definition) is 6. The van der Waals surface area contributed by atoms with Gasteiger partial charge in [-0.05, 0) is 57.9 Å². The quantitative estimate of drug-likeness (QED) is 0.221. The van der Waals surface area contributed by atoms with Crippen LogP contribution in [0.4, 0.5) is 0 Å². The number of allylic oxidation sites excluding steroid dienone is 2. The zero-order valence-electron chi connectivity index (χ0n) is 24.4. The van der Waals surface area contributed by atoms with E-state index in [4.69, 9.17) is 18.7 Å². The van der Waals surface area contributed by atoms with E-state index in [1.807, 2.05) is 97.1 Å². The molecule has 0 N–H and O–H groups in total. The van der Waals surface area contributed by atoms with Crippen LogP contribution in [-0.4, -0.2) is 31.4 Å². The van der Waals surface area contributed by atoms with Crippen LogP contribution in [0.5, 0.6) is 5.75 Å². The lowest BCUT2D eigenvalue weighted by atomic mass is 9.92. The van der Waals surface area contributed by atoms with Gasteiger partial charge in [0.05, 0.1) is 20.3 Å². The van der Waals surface area contributed by atoms with E-state index in [1.165, 1.54) is 0 Å². The topological polar surface area (TPSA) is 71.1 Å². The Kier molecular flexibility index (Phi) is 7.91. The van der Waals surface area contributed by atoms with Gasteiger partial charge in [0.15, 0.2) is 5.52 Å². The molecule has 3 unspecified atom stereocenters. The molecular formula is C36H30O6P2. The average Bonchev–Trinajstić information content (AvgIpc) is 3.08. The number of ether oxygens (including phenoxy) is 3. The molecule has 7 rings (SSSR count). The van der Waals surface area contributed by atoms with Crippen molar-refractivity contribution in [2.75, 3.05) is 14.2 Å². The van der Waals surface area contributed by atoms with E-state index in [0.29, 0.717) is 41.8 Å². The monoisotopic (exact) mass is 620 g/mol. The fourth-order valence-corrected chi connectivity index (χ4v) is 9.83. The predicted octanol–water partition coefficient (Wildman–Crippen LogP) is 7.44. The van der Waals surface area contributed by atoms with Crippen molar-refractivity contribution in [3.05, 3.63) is 137 Å². The molecule has 0 bridgehead atoms. The Labute approximate surface area is 258 Å². The van der Waals surface area contributed by atoms with E-state index < -0.39 is 22.2 Å². The van der Waals surface area contributed by atoms with Gasteiger partial charge in [-0.3, -0.25) is 9.59 Å². The highest BCUT2D eigenvalue weighted by Gasteiger charge is 2.40. The van der Waals surface area contributed by atoms with Gasteiger partial charge in [0.25, 0.3) is 5.95 Å². The number of methoxy groups -OCH3 is 2. The van der Waals surface area contributed by atoms with Crippen LogP contribution in [-0.2, 0) is 25.0 Å². The molecule has 4 aromatic rings. The maximum Gasteiger partial charge on any atom is 0.280 e. The Bertz CT molecular complexity index is 1860. The average molecular weight is 621 g/mol. The van der Waals surface area contributed by atoms with E-state index in [0.717, 1.165) is 38.3 Å². The zero-order valence-corrected chi connectivity index (χ0v) is 26.1.